The molecule has 0 aliphatic carbocycles. The second-order valence-corrected chi connectivity index (χ2v) is 7.73. The Kier molecular flexibility index (Phi) is 4.84. The van der Waals surface area contributed by atoms with Crippen LogP contribution in [-0.2, 0) is 10.0 Å². The highest BCUT2D eigenvalue weighted by Crippen LogP contribution is 2.26. The van der Waals surface area contributed by atoms with E-state index in [1.807, 2.05) is 0 Å². The Morgan fingerprint density at radius 2 is 2.19 bits per heavy atom. The van der Waals surface area contributed by atoms with Crippen LogP contribution in [0.5, 0.6) is 0 Å². The molecule has 116 valence electrons. The number of benzene rings is 1. The van der Waals surface area contributed by atoms with E-state index in [0.29, 0.717) is 5.75 Å². The van der Waals surface area contributed by atoms with E-state index in [0.717, 1.165) is 30.7 Å². The summed E-state index contributed by atoms with van der Waals surface area (Å²) in [6.07, 6.45) is 1.65. The lowest BCUT2D eigenvalue weighted by molar-refractivity contribution is -0.387. The van der Waals surface area contributed by atoms with Crippen molar-refractivity contribution >= 4 is 27.5 Å². The standard InChI is InChI=1S/C12H15FN2O4S2/c1-8-5-10(6-11(12(8)13)15(16)17)21(18,19)14-9-3-2-4-20-7-9/h5-6,9,14H,2-4,7H2,1H3. The van der Waals surface area contributed by atoms with Crippen molar-refractivity contribution < 1.29 is 17.7 Å². The maximum Gasteiger partial charge on any atom is 0.306 e. The van der Waals surface area contributed by atoms with Crippen LogP contribution < -0.4 is 4.72 Å². The molecule has 1 saturated heterocycles. The first-order valence-corrected chi connectivity index (χ1v) is 8.99. The predicted octanol–water partition coefficient (Wildman–Crippen LogP) is 2.22. The van der Waals surface area contributed by atoms with Crippen molar-refractivity contribution in [3.63, 3.8) is 0 Å². The molecule has 0 spiro atoms. The second-order valence-electron chi connectivity index (χ2n) is 4.87. The number of nitro groups is 1. The van der Waals surface area contributed by atoms with Gasteiger partial charge in [-0.2, -0.15) is 16.2 Å². The number of nitro benzene ring substituents is 1. The Morgan fingerprint density at radius 1 is 1.48 bits per heavy atom. The normalized spacial score (nSPS) is 19.4. The largest absolute Gasteiger partial charge is 0.306 e. The number of aryl methyl sites for hydroxylation is 1. The fourth-order valence-corrected chi connectivity index (χ4v) is 4.68. The summed E-state index contributed by atoms with van der Waals surface area (Å²) in [6.45, 7) is 1.30. The van der Waals surface area contributed by atoms with Gasteiger partial charge >= 0.3 is 5.69 Å². The van der Waals surface area contributed by atoms with E-state index in [-0.39, 0.29) is 16.5 Å². The van der Waals surface area contributed by atoms with Crippen LogP contribution in [-0.4, -0.2) is 30.9 Å². The van der Waals surface area contributed by atoms with Gasteiger partial charge in [0.15, 0.2) is 0 Å². The SMILES string of the molecule is Cc1cc(S(=O)(=O)NC2CCCSC2)cc([N+](=O)[O-])c1F. The van der Waals surface area contributed by atoms with Crippen molar-refractivity contribution in [2.75, 3.05) is 11.5 Å². The molecular weight excluding hydrogens is 319 g/mol. The molecule has 1 aromatic rings. The molecule has 1 heterocycles. The van der Waals surface area contributed by atoms with E-state index in [4.69, 9.17) is 0 Å². The zero-order valence-electron chi connectivity index (χ0n) is 11.3. The summed E-state index contributed by atoms with van der Waals surface area (Å²) in [6, 6.07) is 1.68. The lowest BCUT2D eigenvalue weighted by Gasteiger charge is -2.22. The fourth-order valence-electron chi connectivity index (χ4n) is 2.13. The minimum absolute atomic E-state index is 0.0670. The molecule has 0 radical (unpaired) electrons. The number of halogens is 1. The van der Waals surface area contributed by atoms with Gasteiger partial charge in [0.05, 0.1) is 9.82 Å². The van der Waals surface area contributed by atoms with Crippen molar-refractivity contribution in [2.45, 2.75) is 30.7 Å². The highest BCUT2D eigenvalue weighted by molar-refractivity contribution is 7.99. The third-order valence-corrected chi connectivity index (χ3v) is 5.91. The van der Waals surface area contributed by atoms with Crippen LogP contribution in [0.2, 0.25) is 0 Å². The van der Waals surface area contributed by atoms with E-state index in [2.05, 4.69) is 4.72 Å². The Morgan fingerprint density at radius 3 is 2.76 bits per heavy atom. The molecular formula is C12H15FN2O4S2. The zero-order valence-corrected chi connectivity index (χ0v) is 13.0. The average Bonchev–Trinajstić information content (AvgIpc) is 2.41. The smallest absolute Gasteiger partial charge is 0.258 e. The first-order valence-electron chi connectivity index (χ1n) is 6.36. The van der Waals surface area contributed by atoms with Gasteiger partial charge in [-0.3, -0.25) is 10.1 Å². The van der Waals surface area contributed by atoms with E-state index in [1.165, 1.54) is 6.92 Å². The van der Waals surface area contributed by atoms with Crippen molar-refractivity contribution in [1.82, 2.24) is 4.72 Å². The Bertz CT molecular complexity index is 657. The van der Waals surface area contributed by atoms with Crippen LogP contribution in [0.4, 0.5) is 10.1 Å². The minimum atomic E-state index is -3.89. The molecule has 1 aliphatic rings. The number of nitrogens with zero attached hydrogens (tertiary/aromatic N) is 1. The molecule has 2 rings (SSSR count). The van der Waals surface area contributed by atoms with Crippen LogP contribution in [0.15, 0.2) is 17.0 Å². The van der Waals surface area contributed by atoms with Gasteiger partial charge in [-0.25, -0.2) is 13.1 Å². The molecule has 1 aliphatic heterocycles. The number of hydrogen-bond donors (Lipinski definition) is 1. The molecule has 1 aromatic carbocycles. The average molecular weight is 334 g/mol. The number of thioether (sulfide) groups is 1. The molecule has 0 amide bonds. The van der Waals surface area contributed by atoms with Crippen LogP contribution in [0, 0.1) is 22.9 Å². The zero-order chi connectivity index (χ0) is 15.6. The third-order valence-electron chi connectivity index (χ3n) is 3.20. The van der Waals surface area contributed by atoms with Crippen molar-refractivity contribution in [2.24, 2.45) is 0 Å². The van der Waals surface area contributed by atoms with Crippen LogP contribution in [0.25, 0.3) is 0 Å². The summed E-state index contributed by atoms with van der Waals surface area (Å²) >= 11 is 1.66. The van der Waals surface area contributed by atoms with Crippen molar-refractivity contribution in [3.05, 3.63) is 33.6 Å². The summed E-state index contributed by atoms with van der Waals surface area (Å²) in [5.41, 5.74) is -0.893. The van der Waals surface area contributed by atoms with E-state index < -0.39 is 26.5 Å². The first-order chi connectivity index (χ1) is 9.81. The van der Waals surface area contributed by atoms with E-state index in [1.54, 1.807) is 11.8 Å². The Labute approximate surface area is 126 Å². The monoisotopic (exact) mass is 334 g/mol. The van der Waals surface area contributed by atoms with Gasteiger partial charge in [0.2, 0.25) is 15.8 Å². The highest BCUT2D eigenvalue weighted by Gasteiger charge is 2.26. The van der Waals surface area contributed by atoms with Crippen molar-refractivity contribution in [1.29, 1.82) is 0 Å². The topological polar surface area (TPSA) is 89.3 Å². The number of hydrogen-bond acceptors (Lipinski definition) is 5. The van der Waals surface area contributed by atoms with Gasteiger partial charge in [0.1, 0.15) is 0 Å². The Hall–Kier alpha value is -1.19. The summed E-state index contributed by atoms with van der Waals surface area (Å²) in [7, 11) is -3.89. The quantitative estimate of drug-likeness (QED) is 0.673. The number of rotatable bonds is 4. The van der Waals surface area contributed by atoms with Gasteiger partial charge in [-0.05, 0) is 37.1 Å². The molecule has 0 saturated carbocycles. The fraction of sp³-hybridized carbons (Fsp3) is 0.500. The number of nitrogens with one attached hydrogen (secondary N) is 1. The van der Waals surface area contributed by atoms with Gasteiger partial charge < -0.3 is 0 Å². The van der Waals surface area contributed by atoms with Gasteiger partial charge in [-0.1, -0.05) is 0 Å². The highest BCUT2D eigenvalue weighted by atomic mass is 32.2. The molecule has 9 heteroatoms. The van der Waals surface area contributed by atoms with Gasteiger partial charge in [0, 0.05) is 17.9 Å². The summed E-state index contributed by atoms with van der Waals surface area (Å²) in [5, 5.41) is 10.8. The molecule has 1 fully saturated rings. The molecule has 0 aromatic heterocycles. The van der Waals surface area contributed by atoms with Crippen LogP contribution in [0.1, 0.15) is 18.4 Å². The molecule has 6 nitrogen and oxygen atoms in total. The van der Waals surface area contributed by atoms with Crippen LogP contribution in [0.3, 0.4) is 0 Å². The van der Waals surface area contributed by atoms with E-state index in [9.17, 15) is 22.9 Å². The molecule has 1 unspecified atom stereocenters. The third kappa shape index (κ3) is 3.72. The summed E-state index contributed by atoms with van der Waals surface area (Å²) in [5.74, 6) is 0.660. The molecule has 1 atom stereocenters. The molecule has 0 bridgehead atoms. The number of sulfonamides is 1. The summed E-state index contributed by atoms with van der Waals surface area (Å²) in [4.78, 5) is 9.60. The lowest BCUT2D eigenvalue weighted by atomic mass is 10.2. The predicted molar refractivity (Wildman–Crippen MR) is 78.5 cm³/mol. The van der Waals surface area contributed by atoms with E-state index >= 15 is 0 Å². The maximum atomic E-state index is 13.6. The lowest BCUT2D eigenvalue weighted by Crippen LogP contribution is -2.38. The molecule has 1 N–H and O–H groups in total. The minimum Gasteiger partial charge on any atom is -0.258 e. The van der Waals surface area contributed by atoms with Gasteiger partial charge in [0.25, 0.3) is 0 Å². The van der Waals surface area contributed by atoms with Gasteiger partial charge in [-0.15, -0.1) is 0 Å². The van der Waals surface area contributed by atoms with Crippen LogP contribution >= 0.6 is 11.8 Å². The Balaban J connectivity index is 2.33. The van der Waals surface area contributed by atoms with Crippen molar-refractivity contribution in [3.8, 4) is 0 Å². The maximum absolute atomic E-state index is 13.6. The first kappa shape index (κ1) is 16.2. The molecule has 21 heavy (non-hydrogen) atoms. The summed E-state index contributed by atoms with van der Waals surface area (Å²) < 4.78 is 40.7. The second kappa shape index (κ2) is 6.29.